The van der Waals surface area contributed by atoms with Crippen LogP contribution in [0.25, 0.3) is 0 Å². The summed E-state index contributed by atoms with van der Waals surface area (Å²) in [5, 5.41) is 26.9. The Morgan fingerprint density at radius 2 is 1.87 bits per heavy atom. The number of thiocarbonyl (C=S) groups is 1. The molecular weight excluding hydrogens is 314 g/mol. The second-order valence-electron chi connectivity index (χ2n) is 5.25. The molecule has 0 aromatic heterocycles. The van der Waals surface area contributed by atoms with Crippen LogP contribution in [0.5, 0.6) is 5.75 Å². The summed E-state index contributed by atoms with van der Waals surface area (Å²) in [6.07, 6.45) is 0. The molecule has 2 aromatic carbocycles. The molecule has 7 heteroatoms. The number of nitro groups is 1. The van der Waals surface area contributed by atoms with Crippen molar-refractivity contribution in [2.45, 2.75) is 20.4 Å². The van der Waals surface area contributed by atoms with E-state index in [0.717, 1.165) is 16.8 Å². The zero-order valence-electron chi connectivity index (χ0n) is 12.8. The lowest BCUT2D eigenvalue weighted by molar-refractivity contribution is -0.384. The van der Waals surface area contributed by atoms with Gasteiger partial charge in [-0.3, -0.25) is 10.1 Å². The Labute approximate surface area is 139 Å². The quantitative estimate of drug-likeness (QED) is 0.452. The Kier molecular flexibility index (Phi) is 5.13. The molecule has 0 atom stereocenters. The van der Waals surface area contributed by atoms with Gasteiger partial charge in [0.2, 0.25) is 0 Å². The maximum absolute atomic E-state index is 10.8. The molecule has 0 aliphatic rings. The molecule has 0 fully saturated rings. The van der Waals surface area contributed by atoms with Crippen LogP contribution in [-0.2, 0) is 6.54 Å². The fraction of sp³-hybridized carbons (Fsp3) is 0.188. The molecule has 0 bridgehead atoms. The molecule has 120 valence electrons. The van der Waals surface area contributed by atoms with Crippen molar-refractivity contribution in [3.63, 3.8) is 0 Å². The van der Waals surface area contributed by atoms with Crippen LogP contribution >= 0.6 is 12.2 Å². The van der Waals surface area contributed by atoms with Gasteiger partial charge in [-0.2, -0.15) is 0 Å². The maximum atomic E-state index is 10.8. The topological polar surface area (TPSA) is 87.4 Å². The van der Waals surface area contributed by atoms with Crippen LogP contribution in [0.15, 0.2) is 36.4 Å². The number of nitrogens with one attached hydrogen (secondary N) is 2. The van der Waals surface area contributed by atoms with Gasteiger partial charge < -0.3 is 15.7 Å². The SMILES string of the molecule is Cc1cc(C)cc(NC(=S)NCc2cc([N+](=O)[O-])ccc2O)c1. The molecule has 0 aliphatic heterocycles. The zero-order chi connectivity index (χ0) is 17.0. The van der Waals surface area contributed by atoms with Gasteiger partial charge in [0.25, 0.3) is 5.69 Å². The third kappa shape index (κ3) is 4.65. The average Bonchev–Trinajstić information content (AvgIpc) is 2.45. The highest BCUT2D eigenvalue weighted by molar-refractivity contribution is 7.80. The van der Waals surface area contributed by atoms with Gasteiger partial charge in [-0.1, -0.05) is 6.07 Å². The van der Waals surface area contributed by atoms with Crippen molar-refractivity contribution in [1.82, 2.24) is 5.32 Å². The van der Waals surface area contributed by atoms with Crippen LogP contribution in [0.2, 0.25) is 0 Å². The number of benzene rings is 2. The van der Waals surface area contributed by atoms with Crippen molar-refractivity contribution in [2.24, 2.45) is 0 Å². The van der Waals surface area contributed by atoms with Gasteiger partial charge in [0.15, 0.2) is 5.11 Å². The number of phenolic OH excluding ortho intramolecular Hbond substituents is 1. The number of nitrogens with zero attached hydrogens (tertiary/aromatic N) is 1. The van der Waals surface area contributed by atoms with Gasteiger partial charge in [0, 0.05) is 29.9 Å². The fourth-order valence-electron chi connectivity index (χ4n) is 2.22. The Bertz CT molecular complexity index is 742. The van der Waals surface area contributed by atoms with Crippen LogP contribution in [0.4, 0.5) is 11.4 Å². The highest BCUT2D eigenvalue weighted by Gasteiger charge is 2.10. The number of hydrogen-bond acceptors (Lipinski definition) is 4. The fourth-order valence-corrected chi connectivity index (χ4v) is 2.41. The van der Waals surface area contributed by atoms with Crippen molar-refractivity contribution < 1.29 is 10.0 Å². The van der Waals surface area contributed by atoms with Crippen molar-refractivity contribution in [1.29, 1.82) is 0 Å². The number of hydrogen-bond donors (Lipinski definition) is 3. The summed E-state index contributed by atoms with van der Waals surface area (Å²) in [7, 11) is 0. The first-order valence-electron chi connectivity index (χ1n) is 6.94. The Balaban J connectivity index is 2.01. The third-order valence-corrected chi connectivity index (χ3v) is 3.44. The van der Waals surface area contributed by atoms with Crippen LogP contribution in [-0.4, -0.2) is 15.1 Å². The second kappa shape index (κ2) is 7.06. The summed E-state index contributed by atoms with van der Waals surface area (Å²) in [6, 6.07) is 9.86. The van der Waals surface area contributed by atoms with Crippen molar-refractivity contribution in [3.05, 3.63) is 63.2 Å². The van der Waals surface area contributed by atoms with Gasteiger partial charge >= 0.3 is 0 Å². The van der Waals surface area contributed by atoms with E-state index in [1.54, 1.807) is 0 Å². The van der Waals surface area contributed by atoms with Crippen LogP contribution < -0.4 is 10.6 Å². The summed E-state index contributed by atoms with van der Waals surface area (Å²) in [5.74, 6) is -0.0164. The maximum Gasteiger partial charge on any atom is 0.270 e. The number of nitro benzene ring substituents is 1. The van der Waals surface area contributed by atoms with Gasteiger partial charge in [0.1, 0.15) is 5.75 Å². The summed E-state index contributed by atoms with van der Waals surface area (Å²) in [5.41, 5.74) is 3.43. The molecule has 0 unspecified atom stereocenters. The van der Waals surface area contributed by atoms with E-state index in [1.165, 1.54) is 18.2 Å². The van der Waals surface area contributed by atoms with Gasteiger partial charge in [-0.25, -0.2) is 0 Å². The monoisotopic (exact) mass is 331 g/mol. The van der Waals surface area contributed by atoms with Crippen LogP contribution in [0.1, 0.15) is 16.7 Å². The number of phenols is 1. The predicted octanol–water partition coefficient (Wildman–Crippen LogP) is 3.40. The molecule has 0 saturated carbocycles. The smallest absolute Gasteiger partial charge is 0.270 e. The Morgan fingerprint density at radius 1 is 1.22 bits per heavy atom. The van der Waals surface area contributed by atoms with E-state index in [2.05, 4.69) is 16.7 Å². The largest absolute Gasteiger partial charge is 0.508 e. The van der Waals surface area contributed by atoms with E-state index < -0.39 is 4.92 Å². The summed E-state index contributed by atoms with van der Waals surface area (Å²) >= 11 is 5.21. The number of aryl methyl sites for hydroxylation is 2. The molecule has 0 heterocycles. The molecule has 0 amide bonds. The number of aromatic hydroxyl groups is 1. The van der Waals surface area contributed by atoms with Crippen molar-refractivity contribution >= 4 is 28.7 Å². The van der Waals surface area contributed by atoms with Crippen LogP contribution in [0.3, 0.4) is 0 Å². The van der Waals surface area contributed by atoms with E-state index in [0.29, 0.717) is 10.7 Å². The molecule has 0 spiro atoms. The van der Waals surface area contributed by atoms with Gasteiger partial charge in [-0.05, 0) is 55.4 Å². The van der Waals surface area contributed by atoms with E-state index in [1.807, 2.05) is 26.0 Å². The minimum Gasteiger partial charge on any atom is -0.508 e. The first-order valence-corrected chi connectivity index (χ1v) is 7.35. The number of non-ortho nitro benzene ring substituents is 1. The summed E-state index contributed by atoms with van der Waals surface area (Å²) in [4.78, 5) is 10.3. The molecule has 6 nitrogen and oxygen atoms in total. The molecule has 0 saturated heterocycles. The standard InChI is InChI=1S/C16H17N3O3S/c1-10-5-11(2)7-13(6-10)18-16(23)17-9-12-8-14(19(21)22)3-4-15(12)20/h3-8,20H,9H2,1-2H3,(H2,17,18,23). The second-order valence-corrected chi connectivity index (χ2v) is 5.66. The highest BCUT2D eigenvalue weighted by Crippen LogP contribution is 2.22. The van der Waals surface area contributed by atoms with E-state index in [-0.39, 0.29) is 18.0 Å². The summed E-state index contributed by atoms with van der Waals surface area (Å²) in [6.45, 7) is 4.18. The molecule has 0 radical (unpaired) electrons. The van der Waals surface area contributed by atoms with Gasteiger partial charge in [0.05, 0.1) is 4.92 Å². The lowest BCUT2D eigenvalue weighted by Crippen LogP contribution is -2.28. The normalized spacial score (nSPS) is 10.2. The lowest BCUT2D eigenvalue weighted by atomic mass is 10.1. The van der Waals surface area contributed by atoms with Crippen LogP contribution in [0, 0.1) is 24.0 Å². The average molecular weight is 331 g/mol. The number of anilines is 1. The van der Waals surface area contributed by atoms with E-state index in [9.17, 15) is 15.2 Å². The molecule has 2 rings (SSSR count). The van der Waals surface area contributed by atoms with Crippen molar-refractivity contribution in [3.8, 4) is 5.75 Å². The Morgan fingerprint density at radius 3 is 2.48 bits per heavy atom. The third-order valence-electron chi connectivity index (χ3n) is 3.19. The van der Waals surface area contributed by atoms with Gasteiger partial charge in [-0.15, -0.1) is 0 Å². The summed E-state index contributed by atoms with van der Waals surface area (Å²) < 4.78 is 0. The zero-order valence-corrected chi connectivity index (χ0v) is 13.6. The number of rotatable bonds is 4. The molecule has 2 aromatic rings. The minimum atomic E-state index is -0.505. The van der Waals surface area contributed by atoms with E-state index in [4.69, 9.17) is 12.2 Å². The first-order chi connectivity index (χ1) is 10.8. The van der Waals surface area contributed by atoms with Crippen molar-refractivity contribution in [2.75, 3.05) is 5.32 Å². The lowest BCUT2D eigenvalue weighted by Gasteiger charge is -2.12. The predicted molar refractivity (Wildman–Crippen MR) is 93.7 cm³/mol. The molecule has 0 aliphatic carbocycles. The molecule has 23 heavy (non-hydrogen) atoms. The molecule has 3 N–H and O–H groups in total. The minimum absolute atomic E-state index is 0.0164. The Hall–Kier alpha value is -2.67. The van der Waals surface area contributed by atoms with E-state index >= 15 is 0 Å². The first kappa shape index (κ1) is 16.7. The molecular formula is C16H17N3O3S. The highest BCUT2D eigenvalue weighted by atomic mass is 32.1.